The number of likely N-dealkylation sites (N-methyl/N-ethyl adjacent to an activating group) is 1. The Morgan fingerprint density at radius 1 is 0.952 bits per heavy atom. The van der Waals surface area contributed by atoms with E-state index in [0.717, 1.165) is 37.8 Å². The molecule has 5 fully saturated rings. The van der Waals surface area contributed by atoms with E-state index in [1.54, 1.807) is 7.05 Å². The van der Waals surface area contributed by atoms with Gasteiger partial charge >= 0.3 is 6.03 Å². The molecule has 0 aromatic heterocycles. The van der Waals surface area contributed by atoms with Gasteiger partial charge in [-0.1, -0.05) is 49.6 Å². The average molecular weight is 585 g/mol. The van der Waals surface area contributed by atoms with Gasteiger partial charge in [0.25, 0.3) is 5.91 Å². The Kier molecular flexibility index (Phi) is 8.33. The quantitative estimate of drug-likeness (QED) is 0.386. The van der Waals surface area contributed by atoms with Crippen LogP contribution in [0.1, 0.15) is 101 Å². The van der Waals surface area contributed by atoms with Gasteiger partial charge in [-0.3, -0.25) is 19.4 Å². The van der Waals surface area contributed by atoms with Crippen molar-refractivity contribution >= 4 is 17.8 Å². The van der Waals surface area contributed by atoms with E-state index in [-0.39, 0.29) is 67.6 Å². The fourth-order valence-corrected chi connectivity index (χ4v) is 8.71. The topological polar surface area (TPSA) is 73.0 Å². The minimum absolute atomic E-state index is 0.0349. The van der Waals surface area contributed by atoms with Gasteiger partial charge in [0, 0.05) is 51.0 Å². The second-order valence-electron chi connectivity index (χ2n) is 13.7. The summed E-state index contributed by atoms with van der Waals surface area (Å²) in [5.41, 5.74) is 0.284. The third-order valence-corrected chi connectivity index (χ3v) is 11.1. The number of imide groups is 1. The van der Waals surface area contributed by atoms with Gasteiger partial charge in [-0.15, -0.1) is 0 Å². The zero-order valence-electron chi connectivity index (χ0n) is 24.9. The van der Waals surface area contributed by atoms with Crippen LogP contribution in [-0.2, 0) is 9.59 Å². The van der Waals surface area contributed by atoms with Crippen LogP contribution in [0.4, 0.5) is 13.6 Å². The molecule has 0 radical (unpaired) electrons. The second-order valence-corrected chi connectivity index (χ2v) is 13.7. The van der Waals surface area contributed by atoms with Gasteiger partial charge in [0.1, 0.15) is 5.54 Å². The molecular weight excluding hydrogens is 538 g/mol. The van der Waals surface area contributed by atoms with E-state index in [0.29, 0.717) is 31.7 Å². The lowest BCUT2D eigenvalue weighted by molar-refractivity contribution is -0.137. The molecule has 1 spiro atoms. The summed E-state index contributed by atoms with van der Waals surface area (Å²) in [4.78, 5) is 46.1. The predicted octanol–water partition coefficient (Wildman–Crippen LogP) is 5.90. The summed E-state index contributed by atoms with van der Waals surface area (Å²) >= 11 is 0. The van der Waals surface area contributed by atoms with Crippen LogP contribution in [0.5, 0.6) is 0 Å². The number of benzene rings is 1. The molecule has 3 heterocycles. The number of halogens is 2. The summed E-state index contributed by atoms with van der Waals surface area (Å²) in [5.74, 6) is -2.73. The monoisotopic (exact) mass is 584 g/mol. The molecule has 230 valence electrons. The van der Waals surface area contributed by atoms with Gasteiger partial charge in [0.2, 0.25) is 11.8 Å². The van der Waals surface area contributed by atoms with Crippen molar-refractivity contribution in [1.29, 1.82) is 0 Å². The molecule has 2 bridgehead atoms. The average Bonchev–Trinajstić information content (AvgIpc) is 3.33. The summed E-state index contributed by atoms with van der Waals surface area (Å²) in [6.07, 6.45) is 9.97. The normalized spacial score (nSPS) is 31.2. The number of carbonyl (C=O) groups is 3. The predicted molar refractivity (Wildman–Crippen MR) is 156 cm³/mol. The SMILES string of the molecule is CN1C(=O)N(CC2CCCCC2)C2(CC3CCC(C2)N3CCC(NC(=O)C2CCC(F)(F)CC2)c2ccccc2)C1=O. The van der Waals surface area contributed by atoms with Crippen LogP contribution in [0.15, 0.2) is 30.3 Å². The second kappa shape index (κ2) is 11.9. The lowest BCUT2D eigenvalue weighted by Gasteiger charge is -2.47. The van der Waals surface area contributed by atoms with Crippen LogP contribution in [0.3, 0.4) is 0 Å². The molecule has 3 unspecified atom stereocenters. The Balaban J connectivity index is 1.14. The van der Waals surface area contributed by atoms with E-state index < -0.39 is 11.5 Å². The summed E-state index contributed by atoms with van der Waals surface area (Å²) in [7, 11) is 1.64. The molecule has 1 aromatic carbocycles. The van der Waals surface area contributed by atoms with Crippen molar-refractivity contribution in [2.75, 3.05) is 20.1 Å². The molecule has 1 N–H and O–H groups in total. The maximum atomic E-state index is 13.7. The van der Waals surface area contributed by atoms with E-state index in [2.05, 4.69) is 10.2 Å². The highest BCUT2D eigenvalue weighted by Crippen LogP contribution is 2.48. The first-order chi connectivity index (χ1) is 20.2. The highest BCUT2D eigenvalue weighted by molar-refractivity contribution is 6.07. The number of hydrogen-bond donors (Lipinski definition) is 1. The number of alkyl halides is 2. The maximum absolute atomic E-state index is 13.7. The first kappa shape index (κ1) is 29.5. The molecule has 5 aliphatic rings. The number of nitrogens with one attached hydrogen (secondary N) is 1. The molecule has 3 saturated heterocycles. The van der Waals surface area contributed by atoms with Crippen molar-refractivity contribution in [3.8, 4) is 0 Å². The van der Waals surface area contributed by atoms with Crippen molar-refractivity contribution in [3.63, 3.8) is 0 Å². The molecular formula is C33H46F2N4O3. The molecule has 6 rings (SSSR count). The molecule has 3 atom stereocenters. The lowest BCUT2D eigenvalue weighted by atomic mass is 9.79. The highest BCUT2D eigenvalue weighted by atomic mass is 19.3. The van der Waals surface area contributed by atoms with Crippen LogP contribution in [0.2, 0.25) is 0 Å². The smallest absolute Gasteiger partial charge is 0.327 e. The molecule has 42 heavy (non-hydrogen) atoms. The summed E-state index contributed by atoms with van der Waals surface area (Å²) in [5, 5.41) is 3.22. The number of fused-ring (bicyclic) bond motifs is 2. The minimum Gasteiger partial charge on any atom is -0.349 e. The van der Waals surface area contributed by atoms with Gasteiger partial charge < -0.3 is 10.2 Å². The van der Waals surface area contributed by atoms with Crippen LogP contribution < -0.4 is 5.32 Å². The lowest BCUT2D eigenvalue weighted by Crippen LogP contribution is -2.61. The highest BCUT2D eigenvalue weighted by Gasteiger charge is 2.62. The van der Waals surface area contributed by atoms with Gasteiger partial charge in [-0.2, -0.15) is 0 Å². The van der Waals surface area contributed by atoms with Gasteiger partial charge in [0.15, 0.2) is 0 Å². The first-order valence-electron chi connectivity index (χ1n) is 16.3. The first-order valence-corrected chi connectivity index (χ1v) is 16.3. The summed E-state index contributed by atoms with van der Waals surface area (Å²) < 4.78 is 27.4. The number of urea groups is 1. The standard InChI is InChI=1S/C33H46F2N4O3/c1-37-30(41)32(39(31(37)42)22-23-8-4-2-5-9-23)20-26-12-13-27(21-32)38(26)19-16-28(24-10-6-3-7-11-24)36-29(40)25-14-17-33(34,35)18-15-25/h3,6-7,10-11,23,25-28H,2,4-5,8-9,12-22H2,1H3,(H,36,40). The Bertz CT molecular complexity index is 1130. The molecule has 9 heteroatoms. The third-order valence-electron chi connectivity index (χ3n) is 11.1. The fourth-order valence-electron chi connectivity index (χ4n) is 8.71. The fraction of sp³-hybridized carbons (Fsp3) is 0.727. The van der Waals surface area contributed by atoms with E-state index in [1.807, 2.05) is 35.2 Å². The molecule has 3 aliphatic heterocycles. The van der Waals surface area contributed by atoms with Crippen LogP contribution in [0.25, 0.3) is 0 Å². The molecule has 2 aliphatic carbocycles. The number of rotatable bonds is 8. The largest absolute Gasteiger partial charge is 0.349 e. The Morgan fingerprint density at radius 3 is 2.24 bits per heavy atom. The minimum atomic E-state index is -2.66. The molecule has 2 saturated carbocycles. The molecule has 4 amide bonds. The number of hydrogen-bond acceptors (Lipinski definition) is 4. The van der Waals surface area contributed by atoms with Crippen LogP contribution in [0, 0.1) is 11.8 Å². The Hall–Kier alpha value is -2.55. The number of piperidine rings is 1. The summed E-state index contributed by atoms with van der Waals surface area (Å²) in [6, 6.07) is 10.00. The molecule has 7 nitrogen and oxygen atoms in total. The van der Waals surface area contributed by atoms with E-state index >= 15 is 0 Å². The Morgan fingerprint density at radius 2 is 1.60 bits per heavy atom. The van der Waals surface area contributed by atoms with Crippen LogP contribution in [-0.4, -0.2) is 76.2 Å². The van der Waals surface area contributed by atoms with Gasteiger partial charge in [0.05, 0.1) is 6.04 Å². The van der Waals surface area contributed by atoms with E-state index in [9.17, 15) is 23.2 Å². The number of amides is 4. The van der Waals surface area contributed by atoms with E-state index in [1.165, 1.54) is 24.2 Å². The number of nitrogens with zero attached hydrogens (tertiary/aromatic N) is 3. The molecule has 1 aromatic rings. The third kappa shape index (κ3) is 5.70. The van der Waals surface area contributed by atoms with Gasteiger partial charge in [-0.05, 0) is 69.3 Å². The van der Waals surface area contributed by atoms with Crippen molar-refractivity contribution in [3.05, 3.63) is 35.9 Å². The summed E-state index contributed by atoms with van der Waals surface area (Å²) in [6.45, 7) is 1.46. The van der Waals surface area contributed by atoms with Crippen molar-refractivity contribution in [2.45, 2.75) is 119 Å². The zero-order valence-corrected chi connectivity index (χ0v) is 24.9. The van der Waals surface area contributed by atoms with Crippen molar-refractivity contribution in [2.24, 2.45) is 11.8 Å². The van der Waals surface area contributed by atoms with Crippen LogP contribution >= 0.6 is 0 Å². The van der Waals surface area contributed by atoms with Crippen molar-refractivity contribution < 1.29 is 23.2 Å². The zero-order chi connectivity index (χ0) is 29.5. The maximum Gasteiger partial charge on any atom is 0.327 e. The Labute approximate surface area is 248 Å². The number of carbonyl (C=O) groups excluding carboxylic acids is 3. The van der Waals surface area contributed by atoms with Gasteiger partial charge in [-0.25, -0.2) is 13.6 Å². The van der Waals surface area contributed by atoms with E-state index in [4.69, 9.17) is 0 Å². The van der Waals surface area contributed by atoms with Crippen molar-refractivity contribution in [1.82, 2.24) is 20.0 Å².